The number of carbonyl (C=O) groups is 1. The van der Waals surface area contributed by atoms with E-state index < -0.39 is 5.91 Å². The molecule has 0 bridgehead atoms. The number of hydrogen-bond donors (Lipinski definition) is 1. The number of ether oxygens (including phenoxy) is 2. The average molecular weight is 306 g/mol. The number of nitriles is 1. The number of nitrogens with one attached hydrogen (secondary N) is 1. The fourth-order valence-electron chi connectivity index (χ4n) is 2.19. The van der Waals surface area contributed by atoms with Crippen LogP contribution in [0.15, 0.2) is 54.1 Å². The smallest absolute Gasteiger partial charge is 0.262 e. The summed E-state index contributed by atoms with van der Waals surface area (Å²) in [6.45, 7) is 0.561. The minimum atomic E-state index is -0.408. The predicted molar refractivity (Wildman–Crippen MR) is 84.4 cm³/mol. The van der Waals surface area contributed by atoms with E-state index in [0.717, 1.165) is 5.56 Å². The van der Waals surface area contributed by atoms with Gasteiger partial charge in [-0.2, -0.15) is 5.26 Å². The highest BCUT2D eigenvalue weighted by Crippen LogP contribution is 2.33. The third kappa shape index (κ3) is 3.50. The van der Waals surface area contributed by atoms with Gasteiger partial charge in [0.15, 0.2) is 11.5 Å². The first kappa shape index (κ1) is 14.7. The van der Waals surface area contributed by atoms with Gasteiger partial charge in [0.05, 0.1) is 0 Å². The van der Waals surface area contributed by atoms with E-state index in [9.17, 15) is 10.1 Å². The van der Waals surface area contributed by atoms with Crippen LogP contribution in [-0.4, -0.2) is 12.7 Å². The van der Waals surface area contributed by atoms with Crippen molar-refractivity contribution in [3.05, 3.63) is 65.2 Å². The first-order chi connectivity index (χ1) is 11.3. The molecule has 0 saturated heterocycles. The Bertz CT molecular complexity index is 792. The Morgan fingerprint density at radius 1 is 1.17 bits per heavy atom. The highest BCUT2D eigenvalue weighted by Gasteiger charge is 2.14. The average Bonchev–Trinajstić information content (AvgIpc) is 3.06. The summed E-state index contributed by atoms with van der Waals surface area (Å²) >= 11 is 0. The lowest BCUT2D eigenvalue weighted by Gasteiger charge is -2.04. The van der Waals surface area contributed by atoms with Crippen LogP contribution >= 0.6 is 0 Å². The van der Waals surface area contributed by atoms with E-state index in [-0.39, 0.29) is 12.4 Å². The number of hydrogen-bond acceptors (Lipinski definition) is 4. The van der Waals surface area contributed by atoms with Crippen LogP contribution in [0.5, 0.6) is 11.5 Å². The summed E-state index contributed by atoms with van der Waals surface area (Å²) in [7, 11) is 0. The molecule has 0 aromatic heterocycles. The SMILES string of the molecule is N#CC(=Cc1ccc2c(c1)OCO2)C(=O)NCc1ccccc1. The fraction of sp³-hybridized carbons (Fsp3) is 0.111. The lowest BCUT2D eigenvalue weighted by atomic mass is 10.1. The molecule has 0 spiro atoms. The Balaban J connectivity index is 1.71. The second kappa shape index (κ2) is 6.67. The summed E-state index contributed by atoms with van der Waals surface area (Å²) in [5.74, 6) is 0.865. The van der Waals surface area contributed by atoms with Gasteiger partial charge in [0.1, 0.15) is 11.6 Å². The molecule has 1 N–H and O–H groups in total. The Morgan fingerprint density at radius 3 is 2.74 bits per heavy atom. The number of fused-ring (bicyclic) bond motifs is 1. The van der Waals surface area contributed by atoms with Crippen LogP contribution in [0.3, 0.4) is 0 Å². The van der Waals surface area contributed by atoms with Crippen molar-refractivity contribution in [3.8, 4) is 17.6 Å². The fourth-order valence-corrected chi connectivity index (χ4v) is 2.19. The Morgan fingerprint density at radius 2 is 1.96 bits per heavy atom. The monoisotopic (exact) mass is 306 g/mol. The zero-order valence-electron chi connectivity index (χ0n) is 12.3. The van der Waals surface area contributed by atoms with Gasteiger partial charge in [-0.15, -0.1) is 0 Å². The first-order valence-electron chi connectivity index (χ1n) is 7.10. The van der Waals surface area contributed by atoms with Crippen molar-refractivity contribution < 1.29 is 14.3 Å². The number of benzene rings is 2. The number of nitrogens with zero attached hydrogens (tertiary/aromatic N) is 1. The van der Waals surface area contributed by atoms with Crippen molar-refractivity contribution in [2.75, 3.05) is 6.79 Å². The summed E-state index contributed by atoms with van der Waals surface area (Å²) < 4.78 is 10.5. The van der Waals surface area contributed by atoms with Gasteiger partial charge < -0.3 is 14.8 Å². The molecular formula is C18H14N2O3. The van der Waals surface area contributed by atoms with E-state index in [4.69, 9.17) is 9.47 Å². The van der Waals surface area contributed by atoms with Crippen molar-refractivity contribution in [1.29, 1.82) is 5.26 Å². The van der Waals surface area contributed by atoms with Gasteiger partial charge in [-0.1, -0.05) is 36.4 Å². The third-order valence-electron chi connectivity index (χ3n) is 3.37. The van der Waals surface area contributed by atoms with Crippen LogP contribution in [-0.2, 0) is 11.3 Å². The van der Waals surface area contributed by atoms with Gasteiger partial charge in [-0.3, -0.25) is 4.79 Å². The lowest BCUT2D eigenvalue weighted by molar-refractivity contribution is -0.117. The van der Waals surface area contributed by atoms with Crippen LogP contribution in [0.25, 0.3) is 6.08 Å². The molecule has 5 nitrogen and oxygen atoms in total. The molecule has 1 aliphatic heterocycles. The van der Waals surface area contributed by atoms with Crippen molar-refractivity contribution in [2.45, 2.75) is 6.54 Å². The molecule has 23 heavy (non-hydrogen) atoms. The van der Waals surface area contributed by atoms with Crippen LogP contribution in [0.2, 0.25) is 0 Å². The summed E-state index contributed by atoms with van der Waals surface area (Å²) in [5, 5.41) is 12.0. The molecule has 2 aromatic rings. The molecule has 0 fully saturated rings. The second-order valence-corrected chi connectivity index (χ2v) is 4.95. The predicted octanol–water partition coefficient (Wildman–Crippen LogP) is 2.64. The molecule has 2 aromatic carbocycles. The minimum absolute atomic E-state index is 0.0415. The van der Waals surface area contributed by atoms with E-state index >= 15 is 0 Å². The highest BCUT2D eigenvalue weighted by atomic mass is 16.7. The van der Waals surface area contributed by atoms with Gasteiger partial charge in [0.2, 0.25) is 6.79 Å². The topological polar surface area (TPSA) is 71.3 Å². The molecule has 1 amide bonds. The third-order valence-corrected chi connectivity index (χ3v) is 3.37. The summed E-state index contributed by atoms with van der Waals surface area (Å²) in [6.07, 6.45) is 1.53. The molecule has 3 rings (SSSR count). The van der Waals surface area contributed by atoms with E-state index in [1.807, 2.05) is 36.4 Å². The Labute approximate surface area is 133 Å². The zero-order valence-corrected chi connectivity index (χ0v) is 12.3. The summed E-state index contributed by atoms with van der Waals surface area (Å²) in [5.41, 5.74) is 1.72. The second-order valence-electron chi connectivity index (χ2n) is 4.95. The Kier molecular flexibility index (Phi) is 4.25. The molecule has 0 aliphatic carbocycles. The molecule has 0 saturated carbocycles. The van der Waals surface area contributed by atoms with E-state index in [2.05, 4.69) is 5.32 Å². The maximum atomic E-state index is 12.1. The molecule has 114 valence electrons. The lowest BCUT2D eigenvalue weighted by Crippen LogP contribution is -2.23. The summed E-state index contributed by atoms with van der Waals surface area (Å²) in [4.78, 5) is 12.1. The van der Waals surface area contributed by atoms with Crippen molar-refractivity contribution in [1.82, 2.24) is 5.32 Å². The van der Waals surface area contributed by atoms with E-state index in [1.165, 1.54) is 6.08 Å². The molecule has 0 unspecified atom stereocenters. The van der Waals surface area contributed by atoms with Crippen LogP contribution in [0.4, 0.5) is 0 Å². The van der Waals surface area contributed by atoms with E-state index in [0.29, 0.717) is 23.6 Å². The molecular weight excluding hydrogens is 292 g/mol. The number of rotatable bonds is 4. The van der Waals surface area contributed by atoms with E-state index in [1.54, 1.807) is 18.2 Å². The highest BCUT2D eigenvalue weighted by molar-refractivity contribution is 6.01. The van der Waals surface area contributed by atoms with Crippen LogP contribution in [0, 0.1) is 11.3 Å². The molecule has 0 radical (unpaired) electrons. The normalized spacial score (nSPS) is 12.6. The van der Waals surface area contributed by atoms with Gasteiger partial charge >= 0.3 is 0 Å². The van der Waals surface area contributed by atoms with Crippen molar-refractivity contribution >= 4 is 12.0 Å². The van der Waals surface area contributed by atoms with Gasteiger partial charge in [-0.05, 0) is 29.3 Å². The maximum absolute atomic E-state index is 12.1. The van der Waals surface area contributed by atoms with Crippen LogP contribution in [0.1, 0.15) is 11.1 Å². The molecule has 1 aliphatic rings. The number of amides is 1. The quantitative estimate of drug-likeness (QED) is 0.696. The summed E-state index contributed by atoms with van der Waals surface area (Å²) in [6, 6.07) is 16.7. The Hall–Kier alpha value is -3.26. The van der Waals surface area contributed by atoms with Gasteiger partial charge in [-0.25, -0.2) is 0 Å². The number of carbonyl (C=O) groups excluding carboxylic acids is 1. The largest absolute Gasteiger partial charge is 0.454 e. The first-order valence-corrected chi connectivity index (χ1v) is 7.10. The van der Waals surface area contributed by atoms with Crippen LogP contribution < -0.4 is 14.8 Å². The molecule has 5 heteroatoms. The van der Waals surface area contributed by atoms with Gasteiger partial charge in [0.25, 0.3) is 5.91 Å². The minimum Gasteiger partial charge on any atom is -0.454 e. The molecule has 1 heterocycles. The maximum Gasteiger partial charge on any atom is 0.262 e. The van der Waals surface area contributed by atoms with Crippen molar-refractivity contribution in [3.63, 3.8) is 0 Å². The molecule has 0 atom stereocenters. The standard InChI is InChI=1S/C18H14N2O3/c19-10-15(18(21)20-11-13-4-2-1-3-5-13)8-14-6-7-16-17(9-14)23-12-22-16/h1-9H,11-12H2,(H,20,21). The van der Waals surface area contributed by atoms with Gasteiger partial charge in [0, 0.05) is 6.54 Å². The zero-order chi connectivity index (χ0) is 16.1. The van der Waals surface area contributed by atoms with Crippen molar-refractivity contribution in [2.24, 2.45) is 0 Å².